The van der Waals surface area contributed by atoms with Crippen LogP contribution in [0.4, 0.5) is 27.5 Å². The molecule has 0 saturated heterocycles. The first-order valence-electron chi connectivity index (χ1n) is 9.17. The monoisotopic (exact) mass is 404 g/mol. The Morgan fingerprint density at radius 1 is 0.867 bits per heavy atom. The zero-order chi connectivity index (χ0) is 21.5. The van der Waals surface area contributed by atoms with E-state index in [0.717, 1.165) is 5.56 Å². The van der Waals surface area contributed by atoms with Crippen LogP contribution in [-0.2, 0) is 11.2 Å². The topological polar surface area (TPSA) is 113 Å². The molecule has 0 saturated carbocycles. The van der Waals surface area contributed by atoms with Crippen molar-refractivity contribution in [2.24, 2.45) is 0 Å². The summed E-state index contributed by atoms with van der Waals surface area (Å²) >= 11 is 0. The molecule has 0 atom stereocenters. The van der Waals surface area contributed by atoms with E-state index in [2.05, 4.69) is 16.0 Å². The number of rotatable bonds is 6. The van der Waals surface area contributed by atoms with Crippen molar-refractivity contribution in [2.75, 3.05) is 16.0 Å². The number of benzene rings is 3. The molecule has 3 aromatic carbocycles. The highest BCUT2D eigenvalue weighted by Gasteiger charge is 2.10. The van der Waals surface area contributed by atoms with Gasteiger partial charge in [0.25, 0.3) is 5.69 Å². The van der Waals surface area contributed by atoms with Crippen LogP contribution < -0.4 is 16.0 Å². The van der Waals surface area contributed by atoms with Crippen LogP contribution in [0, 0.1) is 17.0 Å². The van der Waals surface area contributed by atoms with Gasteiger partial charge in [-0.05, 0) is 42.3 Å². The first kappa shape index (κ1) is 20.5. The molecular weight excluding hydrogens is 384 g/mol. The molecule has 3 aromatic rings. The second-order valence-corrected chi connectivity index (χ2v) is 6.62. The van der Waals surface area contributed by atoms with Crippen LogP contribution in [0.1, 0.15) is 11.1 Å². The molecular formula is C22H20N4O4. The first-order chi connectivity index (χ1) is 14.4. The number of hydrogen-bond donors (Lipinski definition) is 3. The summed E-state index contributed by atoms with van der Waals surface area (Å²) in [5.74, 6) is -0.266. The summed E-state index contributed by atoms with van der Waals surface area (Å²) in [7, 11) is 0. The Morgan fingerprint density at radius 3 is 2.20 bits per heavy atom. The Kier molecular flexibility index (Phi) is 6.39. The van der Waals surface area contributed by atoms with Crippen molar-refractivity contribution in [1.82, 2.24) is 0 Å². The summed E-state index contributed by atoms with van der Waals surface area (Å²) in [6.07, 6.45) is 0.0730. The maximum atomic E-state index is 12.4. The molecule has 0 aliphatic rings. The Labute approximate surface area is 173 Å². The van der Waals surface area contributed by atoms with E-state index in [4.69, 9.17) is 0 Å². The van der Waals surface area contributed by atoms with Gasteiger partial charge in [0, 0.05) is 29.2 Å². The number of hydrogen-bond acceptors (Lipinski definition) is 4. The molecule has 0 bridgehead atoms. The number of urea groups is 1. The molecule has 0 aliphatic heterocycles. The van der Waals surface area contributed by atoms with E-state index in [-0.39, 0.29) is 18.0 Å². The van der Waals surface area contributed by atoms with Gasteiger partial charge in [-0.3, -0.25) is 14.9 Å². The van der Waals surface area contributed by atoms with Gasteiger partial charge in [0.1, 0.15) is 0 Å². The smallest absolute Gasteiger partial charge is 0.323 e. The number of anilines is 3. The summed E-state index contributed by atoms with van der Waals surface area (Å²) in [4.78, 5) is 34.8. The van der Waals surface area contributed by atoms with Gasteiger partial charge in [-0.15, -0.1) is 0 Å². The fourth-order valence-corrected chi connectivity index (χ4v) is 2.76. The predicted octanol–water partition coefficient (Wildman–Crippen LogP) is 4.73. The van der Waals surface area contributed by atoms with Gasteiger partial charge in [0.2, 0.25) is 5.91 Å². The molecule has 0 aliphatic carbocycles. The number of aryl methyl sites for hydroxylation is 1. The number of non-ortho nitro benzene ring substituents is 1. The second-order valence-electron chi connectivity index (χ2n) is 6.62. The molecule has 0 fully saturated rings. The normalized spacial score (nSPS) is 10.2. The van der Waals surface area contributed by atoms with E-state index in [1.807, 2.05) is 25.1 Å². The highest BCUT2D eigenvalue weighted by Crippen LogP contribution is 2.21. The van der Waals surface area contributed by atoms with Crippen molar-refractivity contribution in [1.29, 1.82) is 0 Å². The van der Waals surface area contributed by atoms with Crippen molar-refractivity contribution in [3.05, 3.63) is 94.0 Å². The van der Waals surface area contributed by atoms with Gasteiger partial charge in [-0.25, -0.2) is 4.79 Å². The van der Waals surface area contributed by atoms with Gasteiger partial charge in [-0.1, -0.05) is 36.4 Å². The summed E-state index contributed by atoms with van der Waals surface area (Å²) < 4.78 is 0. The summed E-state index contributed by atoms with van der Waals surface area (Å²) in [6.45, 7) is 1.84. The third-order valence-electron chi connectivity index (χ3n) is 4.31. The van der Waals surface area contributed by atoms with Crippen molar-refractivity contribution >= 4 is 34.7 Å². The van der Waals surface area contributed by atoms with Crippen LogP contribution in [0.3, 0.4) is 0 Å². The largest absolute Gasteiger partial charge is 0.325 e. The summed E-state index contributed by atoms with van der Waals surface area (Å²) in [5.41, 5.74) is 3.23. The third kappa shape index (κ3) is 5.65. The molecule has 8 heteroatoms. The van der Waals surface area contributed by atoms with Crippen molar-refractivity contribution in [3.8, 4) is 0 Å². The third-order valence-corrected chi connectivity index (χ3v) is 4.31. The van der Waals surface area contributed by atoms with Crippen LogP contribution >= 0.6 is 0 Å². The number of nitro benzene ring substituents is 1. The van der Waals surface area contributed by atoms with Gasteiger partial charge < -0.3 is 16.0 Å². The zero-order valence-corrected chi connectivity index (χ0v) is 16.2. The minimum absolute atomic E-state index is 0.0254. The fourth-order valence-electron chi connectivity index (χ4n) is 2.76. The molecule has 30 heavy (non-hydrogen) atoms. The van der Waals surface area contributed by atoms with Crippen LogP contribution in [-0.4, -0.2) is 16.9 Å². The Hall–Kier alpha value is -4.20. The number of carbonyl (C=O) groups excluding carboxylic acids is 2. The van der Waals surface area contributed by atoms with E-state index < -0.39 is 11.0 Å². The maximum absolute atomic E-state index is 12.4. The van der Waals surface area contributed by atoms with E-state index in [0.29, 0.717) is 22.6 Å². The standard InChI is InChI=1S/C22H20N4O4/c1-15-7-10-18(24-22(28)23-17-5-3-2-4-6-17)14-20(15)25-21(27)13-16-8-11-19(12-9-16)26(29)30/h2-12,14H,13H2,1H3,(H,25,27)(H2,23,24,28). The van der Waals surface area contributed by atoms with E-state index in [1.54, 1.807) is 42.5 Å². The molecule has 8 nitrogen and oxygen atoms in total. The van der Waals surface area contributed by atoms with Crippen LogP contribution in [0.25, 0.3) is 0 Å². The van der Waals surface area contributed by atoms with Crippen molar-refractivity contribution in [3.63, 3.8) is 0 Å². The second kappa shape index (κ2) is 9.33. The molecule has 0 unspecified atom stereocenters. The Balaban J connectivity index is 1.62. The average Bonchev–Trinajstić information content (AvgIpc) is 2.71. The number of nitro groups is 1. The molecule has 0 spiro atoms. The van der Waals surface area contributed by atoms with Gasteiger partial charge in [0.05, 0.1) is 11.3 Å². The number of nitrogens with zero attached hydrogens (tertiary/aromatic N) is 1. The van der Waals surface area contributed by atoms with Crippen LogP contribution in [0.15, 0.2) is 72.8 Å². The minimum atomic E-state index is -0.486. The van der Waals surface area contributed by atoms with E-state index in [9.17, 15) is 19.7 Å². The van der Waals surface area contributed by atoms with E-state index in [1.165, 1.54) is 12.1 Å². The number of para-hydroxylation sites is 1. The molecule has 0 radical (unpaired) electrons. The van der Waals surface area contributed by atoms with Crippen LogP contribution in [0.5, 0.6) is 0 Å². The fraction of sp³-hybridized carbons (Fsp3) is 0.0909. The zero-order valence-electron chi connectivity index (χ0n) is 16.2. The SMILES string of the molecule is Cc1ccc(NC(=O)Nc2ccccc2)cc1NC(=O)Cc1ccc([N+](=O)[O-])cc1. The van der Waals surface area contributed by atoms with Gasteiger partial charge >= 0.3 is 6.03 Å². The first-order valence-corrected chi connectivity index (χ1v) is 9.17. The summed E-state index contributed by atoms with van der Waals surface area (Å²) in [5, 5.41) is 19.0. The number of carbonyl (C=O) groups is 2. The molecule has 3 amide bonds. The lowest BCUT2D eigenvalue weighted by molar-refractivity contribution is -0.384. The molecule has 152 valence electrons. The molecule has 3 N–H and O–H groups in total. The van der Waals surface area contributed by atoms with Gasteiger partial charge in [0.15, 0.2) is 0 Å². The van der Waals surface area contributed by atoms with Crippen molar-refractivity contribution in [2.45, 2.75) is 13.3 Å². The Bertz CT molecular complexity index is 1070. The lowest BCUT2D eigenvalue weighted by atomic mass is 10.1. The predicted molar refractivity (Wildman–Crippen MR) is 116 cm³/mol. The quantitative estimate of drug-likeness (QED) is 0.407. The highest BCUT2D eigenvalue weighted by molar-refractivity contribution is 6.00. The van der Waals surface area contributed by atoms with Crippen LogP contribution in [0.2, 0.25) is 0 Å². The Morgan fingerprint density at radius 2 is 1.53 bits per heavy atom. The average molecular weight is 404 g/mol. The molecule has 0 aromatic heterocycles. The summed E-state index contributed by atoms with van der Waals surface area (Å²) in [6, 6.07) is 19.7. The highest BCUT2D eigenvalue weighted by atomic mass is 16.6. The van der Waals surface area contributed by atoms with E-state index >= 15 is 0 Å². The lowest BCUT2D eigenvalue weighted by Gasteiger charge is -2.12. The number of amides is 3. The maximum Gasteiger partial charge on any atom is 0.323 e. The number of nitrogens with one attached hydrogen (secondary N) is 3. The minimum Gasteiger partial charge on any atom is -0.325 e. The molecule has 0 heterocycles. The lowest BCUT2D eigenvalue weighted by Crippen LogP contribution is -2.20. The molecule has 3 rings (SSSR count). The van der Waals surface area contributed by atoms with Gasteiger partial charge in [-0.2, -0.15) is 0 Å². The van der Waals surface area contributed by atoms with Crippen molar-refractivity contribution < 1.29 is 14.5 Å².